The van der Waals surface area contributed by atoms with Crippen molar-refractivity contribution in [3.63, 3.8) is 0 Å². The molecule has 0 saturated heterocycles. The van der Waals surface area contributed by atoms with Gasteiger partial charge in [0.2, 0.25) is 10.0 Å². The number of primary sulfonamides is 1. The maximum Gasteiger partial charge on any atom is 0.240 e. The average molecular weight is 305 g/mol. The standard InChI is InChI=1S/C15H19N3O2S/c1-10-4-6-14(11(2)8-10)18(3)12-5-7-15(13(16)9-12)21(17,19)20/h4-9H,16H2,1-3H3,(H2,17,19,20). The molecule has 0 aliphatic carbocycles. The van der Waals surface area contributed by atoms with Crippen molar-refractivity contribution in [2.24, 2.45) is 5.14 Å². The van der Waals surface area contributed by atoms with Crippen LogP contribution in [0.15, 0.2) is 41.3 Å². The molecule has 112 valence electrons. The van der Waals surface area contributed by atoms with Crippen molar-refractivity contribution in [2.75, 3.05) is 17.7 Å². The van der Waals surface area contributed by atoms with Crippen LogP contribution in [0.1, 0.15) is 11.1 Å². The summed E-state index contributed by atoms with van der Waals surface area (Å²) < 4.78 is 22.8. The predicted octanol–water partition coefficient (Wildman–Crippen LogP) is 2.30. The molecule has 2 aromatic rings. The lowest BCUT2D eigenvalue weighted by atomic mass is 10.1. The second-order valence-corrected chi connectivity index (χ2v) is 6.65. The number of nitrogen functional groups attached to an aromatic ring is 1. The number of hydrogen-bond acceptors (Lipinski definition) is 4. The van der Waals surface area contributed by atoms with E-state index in [0.29, 0.717) is 0 Å². The third kappa shape index (κ3) is 3.17. The third-order valence-corrected chi connectivity index (χ3v) is 4.39. The van der Waals surface area contributed by atoms with Crippen molar-refractivity contribution in [1.82, 2.24) is 0 Å². The lowest BCUT2D eigenvalue weighted by Gasteiger charge is -2.22. The molecular weight excluding hydrogens is 286 g/mol. The summed E-state index contributed by atoms with van der Waals surface area (Å²) in [6.45, 7) is 4.07. The first-order chi connectivity index (χ1) is 9.70. The van der Waals surface area contributed by atoms with E-state index < -0.39 is 10.0 Å². The van der Waals surface area contributed by atoms with Crippen LogP contribution >= 0.6 is 0 Å². The Morgan fingerprint density at radius 3 is 2.24 bits per heavy atom. The molecule has 6 heteroatoms. The van der Waals surface area contributed by atoms with Crippen molar-refractivity contribution in [1.29, 1.82) is 0 Å². The second kappa shape index (κ2) is 5.38. The summed E-state index contributed by atoms with van der Waals surface area (Å²) in [5, 5.41) is 5.11. The average Bonchev–Trinajstić information content (AvgIpc) is 2.36. The Labute approximate surface area is 125 Å². The lowest BCUT2D eigenvalue weighted by molar-refractivity contribution is 0.598. The topological polar surface area (TPSA) is 89.4 Å². The Kier molecular flexibility index (Phi) is 3.93. The molecule has 0 bridgehead atoms. The Bertz CT molecular complexity index is 786. The van der Waals surface area contributed by atoms with Gasteiger partial charge in [-0.1, -0.05) is 17.7 Å². The Hall–Kier alpha value is -2.05. The van der Waals surface area contributed by atoms with Crippen LogP contribution in [-0.2, 0) is 10.0 Å². The van der Waals surface area contributed by atoms with Gasteiger partial charge < -0.3 is 10.6 Å². The zero-order valence-electron chi connectivity index (χ0n) is 12.3. The maximum absolute atomic E-state index is 11.4. The molecule has 0 fully saturated rings. The molecule has 0 aliphatic heterocycles. The molecule has 0 unspecified atom stereocenters. The van der Waals surface area contributed by atoms with Crippen molar-refractivity contribution in [2.45, 2.75) is 18.7 Å². The summed E-state index contributed by atoms with van der Waals surface area (Å²) in [5.41, 5.74) is 10.1. The minimum atomic E-state index is -3.80. The van der Waals surface area contributed by atoms with Crippen molar-refractivity contribution in [3.05, 3.63) is 47.5 Å². The molecule has 21 heavy (non-hydrogen) atoms. The first-order valence-corrected chi connectivity index (χ1v) is 7.98. The number of aryl methyl sites for hydroxylation is 2. The first kappa shape index (κ1) is 15.3. The van der Waals surface area contributed by atoms with E-state index in [0.717, 1.165) is 16.9 Å². The molecule has 0 aliphatic rings. The van der Waals surface area contributed by atoms with Crippen LogP contribution in [-0.4, -0.2) is 15.5 Å². The van der Waals surface area contributed by atoms with E-state index in [1.165, 1.54) is 11.6 Å². The largest absolute Gasteiger partial charge is 0.398 e. The van der Waals surface area contributed by atoms with Gasteiger partial charge in [-0.25, -0.2) is 13.6 Å². The number of rotatable bonds is 3. The van der Waals surface area contributed by atoms with Gasteiger partial charge in [-0.05, 0) is 43.7 Å². The van der Waals surface area contributed by atoms with Gasteiger partial charge in [0.25, 0.3) is 0 Å². The van der Waals surface area contributed by atoms with E-state index in [1.54, 1.807) is 12.1 Å². The molecule has 0 aromatic heterocycles. The van der Waals surface area contributed by atoms with Crippen LogP contribution in [0.2, 0.25) is 0 Å². The summed E-state index contributed by atoms with van der Waals surface area (Å²) in [4.78, 5) is 1.90. The maximum atomic E-state index is 11.4. The van der Waals surface area contributed by atoms with E-state index >= 15 is 0 Å². The lowest BCUT2D eigenvalue weighted by Crippen LogP contribution is -2.16. The van der Waals surface area contributed by atoms with Crippen LogP contribution in [0, 0.1) is 13.8 Å². The minimum Gasteiger partial charge on any atom is -0.398 e. The third-order valence-electron chi connectivity index (χ3n) is 3.40. The molecule has 0 amide bonds. The number of hydrogen-bond donors (Lipinski definition) is 2. The highest BCUT2D eigenvalue weighted by Gasteiger charge is 2.14. The van der Waals surface area contributed by atoms with E-state index in [9.17, 15) is 8.42 Å². The molecule has 4 N–H and O–H groups in total. The summed E-state index contributed by atoms with van der Waals surface area (Å²) in [5.74, 6) is 0. The number of nitrogens with zero attached hydrogens (tertiary/aromatic N) is 1. The quantitative estimate of drug-likeness (QED) is 0.851. The number of benzene rings is 2. The number of sulfonamides is 1. The zero-order valence-corrected chi connectivity index (χ0v) is 13.1. The summed E-state index contributed by atoms with van der Waals surface area (Å²) >= 11 is 0. The van der Waals surface area contributed by atoms with Gasteiger partial charge in [0, 0.05) is 18.4 Å². The molecular formula is C15H19N3O2S. The van der Waals surface area contributed by atoms with E-state index in [2.05, 4.69) is 6.07 Å². The van der Waals surface area contributed by atoms with Gasteiger partial charge in [0.1, 0.15) is 4.90 Å². The highest BCUT2D eigenvalue weighted by Crippen LogP contribution is 2.30. The molecule has 0 heterocycles. The normalized spacial score (nSPS) is 11.4. The van der Waals surface area contributed by atoms with Crippen molar-refractivity contribution >= 4 is 27.1 Å². The Balaban J connectivity index is 2.45. The van der Waals surface area contributed by atoms with Gasteiger partial charge in [0.05, 0.1) is 5.69 Å². The van der Waals surface area contributed by atoms with Crippen LogP contribution in [0.3, 0.4) is 0 Å². The monoisotopic (exact) mass is 305 g/mol. The molecule has 2 rings (SSSR count). The zero-order chi connectivity index (χ0) is 15.8. The van der Waals surface area contributed by atoms with Gasteiger partial charge in [-0.15, -0.1) is 0 Å². The molecule has 0 atom stereocenters. The van der Waals surface area contributed by atoms with Crippen molar-refractivity contribution < 1.29 is 8.42 Å². The molecule has 0 spiro atoms. The van der Waals surface area contributed by atoms with Gasteiger partial charge >= 0.3 is 0 Å². The number of nitrogens with two attached hydrogens (primary N) is 2. The highest BCUT2D eigenvalue weighted by atomic mass is 32.2. The first-order valence-electron chi connectivity index (χ1n) is 6.43. The van der Waals surface area contributed by atoms with Crippen molar-refractivity contribution in [3.8, 4) is 0 Å². The number of anilines is 3. The van der Waals surface area contributed by atoms with Gasteiger partial charge in [-0.3, -0.25) is 0 Å². The predicted molar refractivity (Wildman–Crippen MR) is 86.2 cm³/mol. The van der Waals surface area contributed by atoms with Crippen LogP contribution in [0.25, 0.3) is 0 Å². The summed E-state index contributed by atoms with van der Waals surface area (Å²) in [6.07, 6.45) is 0. The fourth-order valence-corrected chi connectivity index (χ4v) is 2.97. The van der Waals surface area contributed by atoms with E-state index in [4.69, 9.17) is 10.9 Å². The van der Waals surface area contributed by atoms with Crippen LogP contribution in [0.4, 0.5) is 17.1 Å². The van der Waals surface area contributed by atoms with E-state index in [1.807, 2.05) is 37.9 Å². The smallest absolute Gasteiger partial charge is 0.240 e. The fourth-order valence-electron chi connectivity index (χ4n) is 2.32. The Morgan fingerprint density at radius 1 is 1.05 bits per heavy atom. The van der Waals surface area contributed by atoms with Gasteiger partial charge in [0.15, 0.2) is 0 Å². The second-order valence-electron chi connectivity index (χ2n) is 5.12. The van der Waals surface area contributed by atoms with Gasteiger partial charge in [-0.2, -0.15) is 0 Å². The van der Waals surface area contributed by atoms with Crippen LogP contribution < -0.4 is 15.8 Å². The fraction of sp³-hybridized carbons (Fsp3) is 0.200. The minimum absolute atomic E-state index is 0.0553. The molecule has 0 saturated carbocycles. The molecule has 2 aromatic carbocycles. The Morgan fingerprint density at radius 2 is 1.71 bits per heavy atom. The van der Waals surface area contributed by atoms with E-state index in [-0.39, 0.29) is 10.6 Å². The van der Waals surface area contributed by atoms with Crippen LogP contribution in [0.5, 0.6) is 0 Å². The molecule has 5 nitrogen and oxygen atoms in total. The SMILES string of the molecule is Cc1ccc(N(C)c2ccc(S(N)(=O)=O)c(N)c2)c(C)c1. The summed E-state index contributed by atoms with van der Waals surface area (Å²) in [6, 6.07) is 10.9. The highest BCUT2D eigenvalue weighted by molar-refractivity contribution is 7.89. The molecule has 0 radical (unpaired) electrons. The summed E-state index contributed by atoms with van der Waals surface area (Å²) in [7, 11) is -1.89.